The summed E-state index contributed by atoms with van der Waals surface area (Å²) in [6.07, 6.45) is 0.494. The molecule has 1 rings (SSSR count). The smallest absolute Gasteiger partial charge is 0.434 e. The van der Waals surface area contributed by atoms with E-state index in [2.05, 4.69) is 4.74 Å². The summed E-state index contributed by atoms with van der Waals surface area (Å²) >= 11 is 0. The molecule has 1 aliphatic rings. The molecule has 4 nitrogen and oxygen atoms in total. The highest BCUT2D eigenvalue weighted by atomic mass is 16.7. The van der Waals surface area contributed by atoms with Crippen LogP contribution in [0.2, 0.25) is 0 Å². The van der Waals surface area contributed by atoms with Crippen LogP contribution in [0.1, 0.15) is 19.8 Å². The van der Waals surface area contributed by atoms with E-state index in [-0.39, 0.29) is 6.61 Å². The number of aliphatic hydroxyl groups excluding tert-OH is 1. The average molecular weight is 160 g/mol. The van der Waals surface area contributed by atoms with Gasteiger partial charge in [0.15, 0.2) is 0 Å². The van der Waals surface area contributed by atoms with Crippen LogP contribution in [0.15, 0.2) is 0 Å². The Morgan fingerprint density at radius 2 is 2.45 bits per heavy atom. The van der Waals surface area contributed by atoms with Gasteiger partial charge in [0.2, 0.25) is 0 Å². The van der Waals surface area contributed by atoms with Crippen LogP contribution in [0, 0.1) is 0 Å². The minimum absolute atomic E-state index is 0.0315. The van der Waals surface area contributed by atoms with E-state index < -0.39 is 11.8 Å². The molecule has 0 aromatic heterocycles. The van der Waals surface area contributed by atoms with Crippen LogP contribution in [0.5, 0.6) is 0 Å². The number of hydrogen-bond donors (Lipinski definition) is 1. The summed E-state index contributed by atoms with van der Waals surface area (Å²) in [6, 6.07) is 0. The Balaban J connectivity index is 2.48. The van der Waals surface area contributed by atoms with Crippen LogP contribution < -0.4 is 0 Å². The number of ether oxygens (including phenoxy) is 2. The average Bonchev–Trinajstić information content (AvgIpc) is 1.86. The maximum absolute atomic E-state index is 10.6. The van der Waals surface area contributed by atoms with Crippen LogP contribution in [-0.2, 0) is 9.47 Å². The van der Waals surface area contributed by atoms with Gasteiger partial charge in [-0.2, -0.15) is 0 Å². The molecule has 1 aliphatic heterocycles. The van der Waals surface area contributed by atoms with Gasteiger partial charge in [-0.1, -0.05) is 0 Å². The molecule has 0 radical (unpaired) electrons. The van der Waals surface area contributed by atoms with Crippen LogP contribution in [0.4, 0.5) is 4.79 Å². The third kappa shape index (κ3) is 2.08. The van der Waals surface area contributed by atoms with Crippen molar-refractivity contribution in [3.63, 3.8) is 0 Å². The van der Waals surface area contributed by atoms with Gasteiger partial charge in [-0.15, -0.1) is 0 Å². The van der Waals surface area contributed by atoms with Crippen molar-refractivity contribution in [2.45, 2.75) is 25.4 Å². The highest BCUT2D eigenvalue weighted by Gasteiger charge is 2.33. The molecule has 0 amide bonds. The lowest BCUT2D eigenvalue weighted by atomic mass is 9.98. The predicted octanol–water partition coefficient (Wildman–Crippen LogP) is 0.684. The van der Waals surface area contributed by atoms with E-state index in [1.165, 1.54) is 0 Å². The highest BCUT2D eigenvalue weighted by Crippen LogP contribution is 2.24. The topological polar surface area (TPSA) is 55.8 Å². The number of carbonyl (C=O) groups is 1. The summed E-state index contributed by atoms with van der Waals surface area (Å²) in [5.74, 6) is 0. The molecule has 0 bridgehead atoms. The van der Waals surface area contributed by atoms with Crippen molar-refractivity contribution >= 4 is 6.16 Å². The number of cyclic esters (lactones) is 2. The Bertz CT molecular complexity index is 153. The monoisotopic (exact) mass is 160 g/mol. The molecule has 1 atom stereocenters. The lowest BCUT2D eigenvalue weighted by molar-refractivity contribution is -0.0838. The fourth-order valence-corrected chi connectivity index (χ4v) is 1.04. The number of rotatable bonds is 2. The van der Waals surface area contributed by atoms with E-state index in [4.69, 9.17) is 9.84 Å². The van der Waals surface area contributed by atoms with Crippen molar-refractivity contribution in [2.75, 3.05) is 13.2 Å². The van der Waals surface area contributed by atoms with Crippen molar-refractivity contribution in [1.29, 1.82) is 0 Å². The zero-order valence-electron chi connectivity index (χ0n) is 6.50. The van der Waals surface area contributed by atoms with Gasteiger partial charge >= 0.3 is 6.16 Å². The molecule has 1 saturated heterocycles. The zero-order chi connectivity index (χ0) is 8.32. The zero-order valence-corrected chi connectivity index (χ0v) is 6.50. The number of carbonyl (C=O) groups excluding carboxylic acids is 1. The molecular formula is C7H12O4. The minimum atomic E-state index is -0.632. The molecule has 1 unspecified atom stereocenters. The lowest BCUT2D eigenvalue weighted by Crippen LogP contribution is -2.39. The summed E-state index contributed by atoms with van der Waals surface area (Å²) in [6.45, 7) is 2.21. The van der Waals surface area contributed by atoms with Crippen LogP contribution >= 0.6 is 0 Å². The van der Waals surface area contributed by atoms with Gasteiger partial charge in [-0.05, 0) is 6.92 Å². The fraction of sp³-hybridized carbons (Fsp3) is 0.857. The third-order valence-corrected chi connectivity index (χ3v) is 1.82. The first-order chi connectivity index (χ1) is 5.16. The summed E-state index contributed by atoms with van der Waals surface area (Å²) in [5.41, 5.74) is -0.524. The van der Waals surface area contributed by atoms with Crippen LogP contribution in [-0.4, -0.2) is 30.1 Å². The maximum atomic E-state index is 10.6. The quantitative estimate of drug-likeness (QED) is 0.603. The van der Waals surface area contributed by atoms with Crippen LogP contribution in [0.25, 0.3) is 0 Å². The largest absolute Gasteiger partial charge is 0.508 e. The number of aliphatic hydroxyl groups is 1. The molecule has 64 valence electrons. The molecule has 1 N–H and O–H groups in total. The van der Waals surface area contributed by atoms with E-state index >= 15 is 0 Å². The molecule has 0 spiro atoms. The van der Waals surface area contributed by atoms with Gasteiger partial charge in [-0.3, -0.25) is 0 Å². The Kier molecular flexibility index (Phi) is 2.34. The Morgan fingerprint density at radius 3 is 3.00 bits per heavy atom. The van der Waals surface area contributed by atoms with Crippen molar-refractivity contribution in [2.24, 2.45) is 0 Å². The van der Waals surface area contributed by atoms with Gasteiger partial charge in [0.05, 0.1) is 6.61 Å². The van der Waals surface area contributed by atoms with E-state index in [1.807, 2.05) is 0 Å². The van der Waals surface area contributed by atoms with E-state index in [9.17, 15) is 4.79 Å². The normalized spacial score (nSPS) is 30.9. The first-order valence-corrected chi connectivity index (χ1v) is 3.63. The Hall–Kier alpha value is -0.770. The number of hydrogen-bond acceptors (Lipinski definition) is 4. The second-order valence-corrected chi connectivity index (χ2v) is 2.87. The van der Waals surface area contributed by atoms with Gasteiger partial charge in [0.1, 0.15) is 5.60 Å². The van der Waals surface area contributed by atoms with Gasteiger partial charge in [0, 0.05) is 19.4 Å². The van der Waals surface area contributed by atoms with Crippen molar-refractivity contribution in [3.8, 4) is 0 Å². The molecule has 11 heavy (non-hydrogen) atoms. The molecule has 0 aliphatic carbocycles. The second-order valence-electron chi connectivity index (χ2n) is 2.87. The molecule has 4 heteroatoms. The summed E-state index contributed by atoms with van der Waals surface area (Å²) < 4.78 is 9.47. The molecule has 0 aromatic carbocycles. The second kappa shape index (κ2) is 3.09. The van der Waals surface area contributed by atoms with Crippen LogP contribution in [0.3, 0.4) is 0 Å². The predicted molar refractivity (Wildman–Crippen MR) is 37.2 cm³/mol. The van der Waals surface area contributed by atoms with Crippen molar-refractivity contribution < 1.29 is 19.4 Å². The minimum Gasteiger partial charge on any atom is -0.434 e. The summed E-state index contributed by atoms with van der Waals surface area (Å²) in [7, 11) is 0. The fourth-order valence-electron chi connectivity index (χ4n) is 1.04. The molecule has 0 aromatic rings. The molecule has 1 heterocycles. The lowest BCUT2D eigenvalue weighted by Gasteiger charge is -2.31. The summed E-state index contributed by atoms with van der Waals surface area (Å²) in [4.78, 5) is 10.6. The third-order valence-electron chi connectivity index (χ3n) is 1.82. The van der Waals surface area contributed by atoms with Gasteiger partial charge < -0.3 is 14.6 Å². The van der Waals surface area contributed by atoms with E-state index in [1.54, 1.807) is 6.92 Å². The summed E-state index contributed by atoms with van der Waals surface area (Å²) in [5, 5.41) is 8.64. The Labute approximate surface area is 65.1 Å². The molecule has 1 fully saturated rings. The van der Waals surface area contributed by atoms with Crippen molar-refractivity contribution in [1.82, 2.24) is 0 Å². The SMILES string of the molecule is CC1(CCO)CCOC(=O)O1. The van der Waals surface area contributed by atoms with E-state index in [0.29, 0.717) is 19.4 Å². The van der Waals surface area contributed by atoms with Gasteiger partial charge in [-0.25, -0.2) is 4.79 Å². The molecular weight excluding hydrogens is 148 g/mol. The maximum Gasteiger partial charge on any atom is 0.508 e. The molecule has 0 saturated carbocycles. The first-order valence-electron chi connectivity index (χ1n) is 3.63. The van der Waals surface area contributed by atoms with Gasteiger partial charge in [0.25, 0.3) is 0 Å². The van der Waals surface area contributed by atoms with Crippen molar-refractivity contribution in [3.05, 3.63) is 0 Å². The first kappa shape index (κ1) is 8.33. The van der Waals surface area contributed by atoms with E-state index in [0.717, 1.165) is 0 Å². The highest BCUT2D eigenvalue weighted by molar-refractivity contribution is 5.61. The standard InChI is InChI=1S/C7H12O4/c1-7(2-4-8)3-5-10-6(9)11-7/h8H,2-5H2,1H3. The Morgan fingerprint density at radius 1 is 1.73 bits per heavy atom.